The average molecular weight is 342 g/mol. The van der Waals surface area contributed by atoms with Crippen LogP contribution < -0.4 is 0 Å². The van der Waals surface area contributed by atoms with Crippen molar-refractivity contribution in [2.75, 3.05) is 0 Å². The summed E-state index contributed by atoms with van der Waals surface area (Å²) in [6, 6.07) is 16.7. The zero-order valence-corrected chi connectivity index (χ0v) is 13.5. The molecule has 114 valence electrons. The molecule has 0 aliphatic heterocycles. The number of nitrogens with zero attached hydrogens (tertiary/aromatic N) is 1. The molecule has 0 aliphatic rings. The Labute approximate surface area is 142 Å². The predicted octanol–water partition coefficient (Wildman–Crippen LogP) is 5.33. The molecule has 0 fully saturated rings. The second-order valence-corrected chi connectivity index (χ2v) is 6.26. The average Bonchev–Trinajstić information content (AvgIpc) is 2.98. The molecule has 1 N–H and O–H groups in total. The standard InChI is InChI=1S/C18H12ClNO2S/c19-14-8-4-5-12(11-14)9-10-15-20-16(17(23-15)18(21)22)13-6-2-1-3-7-13/h1-11H,(H,21,22)/b10-9+. The smallest absolute Gasteiger partial charge is 0.348 e. The van der Waals surface area contributed by atoms with E-state index in [-0.39, 0.29) is 4.88 Å². The molecule has 23 heavy (non-hydrogen) atoms. The molecule has 5 heteroatoms. The van der Waals surface area contributed by atoms with Crippen molar-refractivity contribution in [2.45, 2.75) is 0 Å². The maximum Gasteiger partial charge on any atom is 0.348 e. The summed E-state index contributed by atoms with van der Waals surface area (Å²) in [5, 5.41) is 10.7. The van der Waals surface area contributed by atoms with Gasteiger partial charge in [0.1, 0.15) is 9.88 Å². The number of hydrogen-bond donors (Lipinski definition) is 1. The van der Waals surface area contributed by atoms with Gasteiger partial charge in [-0.2, -0.15) is 0 Å². The van der Waals surface area contributed by atoms with Crippen molar-refractivity contribution in [3.8, 4) is 11.3 Å². The van der Waals surface area contributed by atoms with Gasteiger partial charge in [-0.1, -0.05) is 60.1 Å². The molecule has 2 aromatic carbocycles. The molecule has 0 amide bonds. The SMILES string of the molecule is O=C(O)c1sc(/C=C/c2cccc(Cl)c2)nc1-c1ccccc1. The number of halogens is 1. The van der Waals surface area contributed by atoms with Crippen LogP contribution in [0.1, 0.15) is 20.2 Å². The molecular formula is C18H12ClNO2S. The highest BCUT2D eigenvalue weighted by Crippen LogP contribution is 2.29. The molecule has 1 heterocycles. The van der Waals surface area contributed by atoms with Gasteiger partial charge in [-0.05, 0) is 23.8 Å². The van der Waals surface area contributed by atoms with E-state index in [4.69, 9.17) is 11.6 Å². The lowest BCUT2D eigenvalue weighted by Crippen LogP contribution is -1.95. The monoisotopic (exact) mass is 341 g/mol. The third kappa shape index (κ3) is 3.67. The highest BCUT2D eigenvalue weighted by molar-refractivity contribution is 7.15. The van der Waals surface area contributed by atoms with Crippen molar-refractivity contribution in [3.05, 3.63) is 75.1 Å². The first-order chi connectivity index (χ1) is 11.1. The van der Waals surface area contributed by atoms with E-state index in [2.05, 4.69) is 4.98 Å². The number of hydrogen-bond acceptors (Lipinski definition) is 3. The molecule has 0 aliphatic carbocycles. The van der Waals surface area contributed by atoms with Gasteiger partial charge in [-0.3, -0.25) is 0 Å². The van der Waals surface area contributed by atoms with E-state index in [1.54, 1.807) is 12.1 Å². The molecule has 0 atom stereocenters. The molecule has 1 aromatic heterocycles. The van der Waals surface area contributed by atoms with Crippen LogP contribution in [-0.2, 0) is 0 Å². The van der Waals surface area contributed by atoms with Gasteiger partial charge in [-0.15, -0.1) is 11.3 Å². The molecular weight excluding hydrogens is 330 g/mol. The van der Waals surface area contributed by atoms with Crippen LogP contribution in [0.4, 0.5) is 0 Å². The number of carbonyl (C=O) groups is 1. The lowest BCUT2D eigenvalue weighted by molar-refractivity contribution is 0.0702. The van der Waals surface area contributed by atoms with E-state index in [0.29, 0.717) is 15.7 Å². The van der Waals surface area contributed by atoms with E-state index < -0.39 is 5.97 Å². The summed E-state index contributed by atoms with van der Waals surface area (Å²) in [6.07, 6.45) is 3.67. The zero-order chi connectivity index (χ0) is 16.2. The van der Waals surface area contributed by atoms with Crippen molar-refractivity contribution in [3.63, 3.8) is 0 Å². The van der Waals surface area contributed by atoms with Gasteiger partial charge in [-0.25, -0.2) is 9.78 Å². The normalized spacial score (nSPS) is 11.0. The minimum Gasteiger partial charge on any atom is -0.477 e. The largest absolute Gasteiger partial charge is 0.477 e. The van der Waals surface area contributed by atoms with Crippen LogP contribution in [0.25, 0.3) is 23.4 Å². The van der Waals surface area contributed by atoms with Gasteiger partial charge < -0.3 is 5.11 Å². The predicted molar refractivity (Wildman–Crippen MR) is 94.9 cm³/mol. The minimum atomic E-state index is -0.969. The number of rotatable bonds is 4. The van der Waals surface area contributed by atoms with Gasteiger partial charge in [0.05, 0.1) is 5.69 Å². The van der Waals surface area contributed by atoms with E-state index in [1.165, 1.54) is 0 Å². The molecule has 0 saturated heterocycles. The second kappa shape index (κ2) is 6.77. The minimum absolute atomic E-state index is 0.238. The Morgan fingerprint density at radius 2 is 1.87 bits per heavy atom. The third-order valence-electron chi connectivity index (χ3n) is 3.15. The Bertz CT molecular complexity index is 872. The molecule has 0 spiro atoms. The summed E-state index contributed by atoms with van der Waals surface area (Å²) in [5.74, 6) is -0.969. The Morgan fingerprint density at radius 3 is 2.57 bits per heavy atom. The summed E-state index contributed by atoms with van der Waals surface area (Å²) in [7, 11) is 0. The van der Waals surface area contributed by atoms with Crippen LogP contribution in [0.5, 0.6) is 0 Å². The van der Waals surface area contributed by atoms with E-state index in [1.807, 2.05) is 54.6 Å². The Kier molecular flexibility index (Phi) is 4.55. The van der Waals surface area contributed by atoms with Crippen LogP contribution in [-0.4, -0.2) is 16.1 Å². The number of carboxylic acids is 1. The number of thiazole rings is 1. The number of aromatic carboxylic acids is 1. The van der Waals surface area contributed by atoms with Crippen molar-refractivity contribution in [1.82, 2.24) is 4.98 Å². The van der Waals surface area contributed by atoms with Crippen LogP contribution in [0.15, 0.2) is 54.6 Å². The molecule has 3 nitrogen and oxygen atoms in total. The molecule has 3 rings (SSSR count). The summed E-state index contributed by atoms with van der Waals surface area (Å²) in [4.78, 5) is 16.2. The van der Waals surface area contributed by atoms with Crippen LogP contribution in [0, 0.1) is 0 Å². The number of aromatic nitrogens is 1. The maximum absolute atomic E-state index is 11.5. The topological polar surface area (TPSA) is 50.2 Å². The molecule has 0 saturated carbocycles. The van der Waals surface area contributed by atoms with Gasteiger partial charge >= 0.3 is 5.97 Å². The van der Waals surface area contributed by atoms with Crippen molar-refractivity contribution >= 4 is 41.1 Å². The third-order valence-corrected chi connectivity index (χ3v) is 4.40. The molecule has 0 radical (unpaired) electrons. The lowest BCUT2D eigenvalue weighted by Gasteiger charge is -1.97. The summed E-state index contributed by atoms with van der Waals surface area (Å²) >= 11 is 7.11. The first-order valence-electron chi connectivity index (χ1n) is 6.86. The zero-order valence-electron chi connectivity index (χ0n) is 11.9. The highest BCUT2D eigenvalue weighted by Gasteiger charge is 2.17. The van der Waals surface area contributed by atoms with Crippen LogP contribution in [0.2, 0.25) is 5.02 Å². The second-order valence-electron chi connectivity index (χ2n) is 4.79. The van der Waals surface area contributed by atoms with Crippen LogP contribution >= 0.6 is 22.9 Å². The summed E-state index contributed by atoms with van der Waals surface area (Å²) in [5.41, 5.74) is 2.23. The van der Waals surface area contributed by atoms with Crippen molar-refractivity contribution in [2.24, 2.45) is 0 Å². The maximum atomic E-state index is 11.5. The first-order valence-corrected chi connectivity index (χ1v) is 8.06. The van der Waals surface area contributed by atoms with E-state index >= 15 is 0 Å². The van der Waals surface area contributed by atoms with Gasteiger partial charge in [0.15, 0.2) is 0 Å². The first kappa shape index (κ1) is 15.5. The fourth-order valence-electron chi connectivity index (χ4n) is 2.12. The lowest BCUT2D eigenvalue weighted by atomic mass is 10.1. The Hall–Kier alpha value is -2.43. The van der Waals surface area contributed by atoms with E-state index in [9.17, 15) is 9.90 Å². The number of carboxylic acid groups (broad SMARTS) is 1. The highest BCUT2D eigenvalue weighted by atomic mass is 35.5. The Morgan fingerprint density at radius 1 is 1.09 bits per heavy atom. The fourth-order valence-corrected chi connectivity index (χ4v) is 3.15. The molecule has 3 aromatic rings. The van der Waals surface area contributed by atoms with Crippen LogP contribution in [0.3, 0.4) is 0 Å². The van der Waals surface area contributed by atoms with Crippen molar-refractivity contribution in [1.29, 1.82) is 0 Å². The Balaban J connectivity index is 1.97. The summed E-state index contributed by atoms with van der Waals surface area (Å²) in [6.45, 7) is 0. The number of benzene rings is 2. The van der Waals surface area contributed by atoms with Crippen molar-refractivity contribution < 1.29 is 9.90 Å². The summed E-state index contributed by atoms with van der Waals surface area (Å²) < 4.78 is 0. The quantitative estimate of drug-likeness (QED) is 0.697. The van der Waals surface area contributed by atoms with Gasteiger partial charge in [0, 0.05) is 10.6 Å². The van der Waals surface area contributed by atoms with E-state index in [0.717, 1.165) is 22.5 Å². The van der Waals surface area contributed by atoms with Gasteiger partial charge in [0.2, 0.25) is 0 Å². The molecule has 0 bridgehead atoms. The van der Waals surface area contributed by atoms with Gasteiger partial charge in [0.25, 0.3) is 0 Å². The fraction of sp³-hybridized carbons (Fsp3) is 0. The molecule has 0 unspecified atom stereocenters.